The third-order valence-electron chi connectivity index (χ3n) is 2.98. The molecule has 1 heterocycles. The highest BCUT2D eigenvalue weighted by Gasteiger charge is 2.25. The van der Waals surface area contributed by atoms with Crippen LogP contribution in [0.25, 0.3) is 0 Å². The molecule has 0 fully saturated rings. The smallest absolute Gasteiger partial charge is 0.258 e. The number of hydrogen-bond acceptors (Lipinski definition) is 2. The highest BCUT2D eigenvalue weighted by atomic mass is 16.5. The summed E-state index contributed by atoms with van der Waals surface area (Å²) in [5.74, 6) is 0.538. The number of fused-ring (bicyclic) bond motifs is 1. The summed E-state index contributed by atoms with van der Waals surface area (Å²) >= 11 is 0. The van der Waals surface area contributed by atoms with Crippen molar-refractivity contribution in [3.05, 3.63) is 65.2 Å². The lowest BCUT2D eigenvalue weighted by atomic mass is 10.1. The quantitative estimate of drug-likeness (QED) is 0.831. The van der Waals surface area contributed by atoms with Crippen molar-refractivity contribution in [1.29, 1.82) is 0 Å². The van der Waals surface area contributed by atoms with Crippen molar-refractivity contribution in [2.45, 2.75) is 13.2 Å². The highest BCUT2D eigenvalue weighted by Crippen LogP contribution is 2.28. The molecule has 18 heavy (non-hydrogen) atoms. The van der Waals surface area contributed by atoms with Crippen LogP contribution in [0.4, 0.5) is 0 Å². The minimum atomic E-state index is -0.410. The van der Waals surface area contributed by atoms with Gasteiger partial charge in [-0.2, -0.15) is 0 Å². The maximum absolute atomic E-state index is 12.0. The van der Waals surface area contributed by atoms with Crippen LogP contribution in [-0.2, 0) is 0 Å². The maximum atomic E-state index is 12.0. The second kappa shape index (κ2) is 4.18. The molecule has 0 spiro atoms. The third kappa shape index (κ3) is 1.84. The maximum Gasteiger partial charge on any atom is 0.258 e. The molecule has 1 atom stereocenters. The van der Waals surface area contributed by atoms with Crippen molar-refractivity contribution in [2.24, 2.45) is 0 Å². The van der Waals surface area contributed by atoms with Crippen LogP contribution in [0.15, 0.2) is 48.5 Å². The number of nitrogens with one attached hydrogen (secondary N) is 1. The third-order valence-corrected chi connectivity index (χ3v) is 2.98. The Morgan fingerprint density at radius 3 is 2.78 bits per heavy atom. The Morgan fingerprint density at radius 1 is 1.11 bits per heavy atom. The number of hydrogen-bond donors (Lipinski definition) is 1. The van der Waals surface area contributed by atoms with Crippen molar-refractivity contribution in [1.82, 2.24) is 5.32 Å². The van der Waals surface area contributed by atoms with Gasteiger partial charge in [-0.3, -0.25) is 4.79 Å². The van der Waals surface area contributed by atoms with E-state index in [1.165, 1.54) is 0 Å². The fraction of sp³-hybridized carbons (Fsp3) is 0.133. The van der Waals surface area contributed by atoms with E-state index in [-0.39, 0.29) is 5.91 Å². The fourth-order valence-corrected chi connectivity index (χ4v) is 2.09. The fourth-order valence-electron chi connectivity index (χ4n) is 2.09. The normalized spacial score (nSPS) is 17.6. The van der Waals surface area contributed by atoms with E-state index in [0.29, 0.717) is 11.3 Å². The monoisotopic (exact) mass is 239 g/mol. The molecular formula is C15H13NO2. The molecule has 0 saturated heterocycles. The first-order valence-corrected chi connectivity index (χ1v) is 5.87. The van der Waals surface area contributed by atoms with Crippen LogP contribution in [0.2, 0.25) is 0 Å². The molecule has 2 aromatic carbocycles. The van der Waals surface area contributed by atoms with Crippen molar-refractivity contribution in [3.63, 3.8) is 0 Å². The zero-order valence-corrected chi connectivity index (χ0v) is 10.0. The Hall–Kier alpha value is -2.29. The zero-order chi connectivity index (χ0) is 12.5. The molecule has 1 aliphatic heterocycles. The first-order chi connectivity index (χ1) is 8.74. The number of carbonyl (C=O) groups excluding carboxylic acids is 1. The summed E-state index contributed by atoms with van der Waals surface area (Å²) in [6.07, 6.45) is -0.410. The summed E-state index contributed by atoms with van der Waals surface area (Å²) in [6.45, 7) is 2.02. The number of carbonyl (C=O) groups is 1. The first kappa shape index (κ1) is 10.8. The van der Waals surface area contributed by atoms with Crippen LogP contribution in [0.3, 0.4) is 0 Å². The Labute approximate surface area is 105 Å². The summed E-state index contributed by atoms with van der Waals surface area (Å²) in [4.78, 5) is 12.0. The number of rotatable bonds is 1. The number of amides is 1. The van der Waals surface area contributed by atoms with Gasteiger partial charge < -0.3 is 10.1 Å². The SMILES string of the molecule is Cc1cccc([C@H]2NC(=O)c3ccccc3O2)c1. The Kier molecular flexibility index (Phi) is 2.52. The van der Waals surface area contributed by atoms with Gasteiger partial charge in [-0.25, -0.2) is 0 Å². The molecule has 0 unspecified atom stereocenters. The molecule has 1 amide bonds. The van der Waals surface area contributed by atoms with Crippen LogP contribution in [0.5, 0.6) is 5.75 Å². The molecule has 3 heteroatoms. The standard InChI is InChI=1S/C15H13NO2/c1-10-5-4-6-11(9-10)15-16-14(17)12-7-2-3-8-13(12)18-15/h2-9,15H,1H3,(H,16,17)/t15-/m0/s1. The number of benzene rings is 2. The van der Waals surface area contributed by atoms with Gasteiger partial charge in [0.1, 0.15) is 5.75 Å². The van der Waals surface area contributed by atoms with E-state index < -0.39 is 6.23 Å². The van der Waals surface area contributed by atoms with Gasteiger partial charge in [0.25, 0.3) is 5.91 Å². The summed E-state index contributed by atoms with van der Waals surface area (Å²) < 4.78 is 5.81. The lowest BCUT2D eigenvalue weighted by Gasteiger charge is -2.27. The molecule has 0 bridgehead atoms. The Balaban J connectivity index is 1.97. The van der Waals surface area contributed by atoms with Gasteiger partial charge in [0.2, 0.25) is 0 Å². The summed E-state index contributed by atoms with van der Waals surface area (Å²) in [5.41, 5.74) is 2.68. The Morgan fingerprint density at radius 2 is 1.94 bits per heavy atom. The van der Waals surface area contributed by atoms with Crippen LogP contribution in [0, 0.1) is 6.92 Å². The molecular weight excluding hydrogens is 226 g/mol. The van der Waals surface area contributed by atoms with Crippen LogP contribution < -0.4 is 10.1 Å². The molecule has 2 aromatic rings. The van der Waals surface area contributed by atoms with Gasteiger partial charge in [-0.1, -0.05) is 42.0 Å². The first-order valence-electron chi connectivity index (χ1n) is 5.87. The zero-order valence-electron chi connectivity index (χ0n) is 10.0. The molecule has 1 N–H and O–H groups in total. The Bertz CT molecular complexity index is 607. The molecule has 0 radical (unpaired) electrons. The predicted octanol–water partition coefficient (Wildman–Crippen LogP) is 2.82. The molecule has 3 rings (SSSR count). The predicted molar refractivity (Wildman–Crippen MR) is 68.5 cm³/mol. The number of ether oxygens (including phenoxy) is 1. The van der Waals surface area contributed by atoms with Crippen LogP contribution in [0.1, 0.15) is 27.7 Å². The molecule has 0 saturated carbocycles. The highest BCUT2D eigenvalue weighted by molar-refractivity contribution is 5.97. The van der Waals surface area contributed by atoms with Crippen molar-refractivity contribution in [2.75, 3.05) is 0 Å². The van der Waals surface area contributed by atoms with Gasteiger partial charge in [0, 0.05) is 5.56 Å². The summed E-state index contributed by atoms with van der Waals surface area (Å²) in [5, 5.41) is 2.85. The van der Waals surface area contributed by atoms with E-state index in [2.05, 4.69) is 5.32 Å². The minimum absolute atomic E-state index is 0.0941. The van der Waals surface area contributed by atoms with Gasteiger partial charge in [-0.15, -0.1) is 0 Å². The van der Waals surface area contributed by atoms with E-state index >= 15 is 0 Å². The van der Waals surface area contributed by atoms with E-state index in [4.69, 9.17) is 4.74 Å². The average Bonchev–Trinajstić information content (AvgIpc) is 2.39. The van der Waals surface area contributed by atoms with Gasteiger partial charge >= 0.3 is 0 Å². The van der Waals surface area contributed by atoms with Crippen LogP contribution >= 0.6 is 0 Å². The minimum Gasteiger partial charge on any atom is -0.466 e. The lowest BCUT2D eigenvalue weighted by Crippen LogP contribution is -2.36. The topological polar surface area (TPSA) is 38.3 Å². The van der Waals surface area contributed by atoms with E-state index in [9.17, 15) is 4.79 Å². The second-order valence-corrected chi connectivity index (χ2v) is 4.38. The van der Waals surface area contributed by atoms with E-state index in [0.717, 1.165) is 11.1 Å². The molecule has 0 aromatic heterocycles. The molecule has 0 aliphatic carbocycles. The number of aryl methyl sites for hydroxylation is 1. The van der Waals surface area contributed by atoms with Crippen molar-refractivity contribution >= 4 is 5.91 Å². The number of para-hydroxylation sites is 1. The molecule has 3 nitrogen and oxygen atoms in total. The summed E-state index contributed by atoms with van der Waals surface area (Å²) in [7, 11) is 0. The van der Waals surface area contributed by atoms with Crippen molar-refractivity contribution < 1.29 is 9.53 Å². The van der Waals surface area contributed by atoms with Crippen LogP contribution in [-0.4, -0.2) is 5.91 Å². The van der Waals surface area contributed by atoms with Gasteiger partial charge in [0.05, 0.1) is 5.56 Å². The van der Waals surface area contributed by atoms with Crippen molar-refractivity contribution in [3.8, 4) is 5.75 Å². The van der Waals surface area contributed by atoms with Gasteiger partial charge in [0.15, 0.2) is 6.23 Å². The largest absolute Gasteiger partial charge is 0.466 e. The lowest BCUT2D eigenvalue weighted by molar-refractivity contribution is 0.0756. The average molecular weight is 239 g/mol. The summed E-state index contributed by atoms with van der Waals surface area (Å²) in [6, 6.07) is 15.2. The molecule has 90 valence electrons. The van der Waals surface area contributed by atoms with Gasteiger partial charge in [-0.05, 0) is 19.1 Å². The molecule has 1 aliphatic rings. The van der Waals surface area contributed by atoms with E-state index in [1.807, 2.05) is 49.4 Å². The van der Waals surface area contributed by atoms with E-state index in [1.54, 1.807) is 6.07 Å². The second-order valence-electron chi connectivity index (χ2n) is 4.38.